The average Bonchev–Trinajstić information content (AvgIpc) is 2.07. The average molecular weight is 386 g/mol. The molecule has 0 aliphatic heterocycles. The lowest BCUT2D eigenvalue weighted by molar-refractivity contribution is 0.710. The van der Waals surface area contributed by atoms with Crippen molar-refractivity contribution in [2.24, 2.45) is 0 Å². The lowest BCUT2D eigenvalue weighted by atomic mass is 9.86. The predicted molar refractivity (Wildman–Crippen MR) is 69.8 cm³/mol. The largest absolute Gasteiger partial charge is 0.0488 e. The van der Waals surface area contributed by atoms with Crippen LogP contribution < -0.4 is 0 Å². The van der Waals surface area contributed by atoms with Crippen molar-refractivity contribution in [3.05, 3.63) is 18.3 Å². The van der Waals surface area contributed by atoms with Crippen molar-refractivity contribution in [3.63, 3.8) is 0 Å². The molecule has 2 heteroatoms. The maximum absolute atomic E-state index is 2.54. The molecule has 2 aliphatic rings. The molecule has 0 amide bonds. The van der Waals surface area contributed by atoms with E-state index >= 15 is 0 Å². The molecule has 0 spiro atoms. The van der Waals surface area contributed by atoms with Crippen LogP contribution in [-0.4, -0.2) is 0 Å². The van der Waals surface area contributed by atoms with E-state index in [2.05, 4.69) is 45.2 Å². The van der Waals surface area contributed by atoms with Gasteiger partial charge in [0.05, 0.1) is 0 Å². The molecular weight excluding hydrogens is 374 g/mol. The molecule has 0 radical (unpaired) electrons. The molecule has 0 heterocycles. The summed E-state index contributed by atoms with van der Waals surface area (Å²) in [6.45, 7) is 0. The van der Waals surface area contributed by atoms with Gasteiger partial charge in [-0.05, 0) is 102 Å². The van der Waals surface area contributed by atoms with Crippen molar-refractivity contribution in [1.82, 2.24) is 0 Å². The van der Waals surface area contributed by atoms with Crippen LogP contribution >= 0.6 is 45.2 Å². The number of allylic oxidation sites excluding steroid dienone is 4. The van der Waals surface area contributed by atoms with Gasteiger partial charge in [0.15, 0.2) is 0 Å². The van der Waals surface area contributed by atoms with E-state index in [-0.39, 0.29) is 0 Å². The van der Waals surface area contributed by atoms with Crippen molar-refractivity contribution in [1.29, 1.82) is 0 Å². The summed E-state index contributed by atoms with van der Waals surface area (Å²) in [7, 11) is 0. The molecule has 12 heavy (non-hydrogen) atoms. The molecule has 0 unspecified atom stereocenters. The Bertz CT molecular complexity index is 233. The fourth-order valence-electron chi connectivity index (χ4n) is 2.04. The number of fused-ring (bicyclic) bond motifs is 1. The zero-order valence-corrected chi connectivity index (χ0v) is 11.3. The van der Waals surface area contributed by atoms with E-state index in [1.807, 2.05) is 0 Å². The third-order valence-corrected chi connectivity index (χ3v) is 5.05. The molecule has 0 aromatic rings. The quantitative estimate of drug-likeness (QED) is 0.528. The second kappa shape index (κ2) is 3.98. The van der Waals surface area contributed by atoms with Crippen molar-refractivity contribution < 1.29 is 0 Å². The van der Waals surface area contributed by atoms with Gasteiger partial charge >= 0.3 is 0 Å². The van der Waals surface area contributed by atoms with Gasteiger partial charge in [0.1, 0.15) is 0 Å². The highest BCUT2D eigenvalue weighted by Crippen LogP contribution is 2.43. The normalized spacial score (nSPS) is 24.5. The Kier molecular flexibility index (Phi) is 3.15. The first-order valence-electron chi connectivity index (χ1n) is 4.54. The predicted octanol–water partition coefficient (Wildman–Crippen LogP) is 4.73. The van der Waals surface area contributed by atoms with Crippen LogP contribution in [0.4, 0.5) is 0 Å². The maximum Gasteiger partial charge on any atom is -0.00589 e. The fourth-order valence-corrected chi connectivity index (χ4v) is 4.00. The molecule has 2 aliphatic carbocycles. The van der Waals surface area contributed by atoms with Crippen molar-refractivity contribution in [2.45, 2.75) is 38.5 Å². The van der Waals surface area contributed by atoms with Crippen LogP contribution in [0.1, 0.15) is 38.5 Å². The van der Waals surface area contributed by atoms with Crippen LogP contribution in [0.2, 0.25) is 0 Å². The maximum atomic E-state index is 2.54. The van der Waals surface area contributed by atoms with E-state index in [1.54, 1.807) is 18.3 Å². The van der Waals surface area contributed by atoms with E-state index in [0.717, 1.165) is 0 Å². The van der Waals surface area contributed by atoms with E-state index in [0.29, 0.717) is 0 Å². The Hall–Kier alpha value is 0.940. The summed E-state index contributed by atoms with van der Waals surface area (Å²) in [5.41, 5.74) is 3.41. The highest BCUT2D eigenvalue weighted by atomic mass is 127. The molecule has 0 aromatic carbocycles. The monoisotopic (exact) mass is 386 g/mol. The second-order valence-corrected chi connectivity index (χ2v) is 6.08. The summed E-state index contributed by atoms with van der Waals surface area (Å²) in [5, 5.41) is 0. The van der Waals surface area contributed by atoms with Gasteiger partial charge in [-0.25, -0.2) is 0 Å². The smallest absolute Gasteiger partial charge is 0.00589 e. The van der Waals surface area contributed by atoms with Crippen LogP contribution in [0.3, 0.4) is 0 Å². The van der Waals surface area contributed by atoms with Gasteiger partial charge in [0.2, 0.25) is 0 Å². The van der Waals surface area contributed by atoms with Crippen LogP contribution in [0, 0.1) is 0 Å². The molecular formula is C10H12I2. The van der Waals surface area contributed by atoms with E-state index < -0.39 is 0 Å². The summed E-state index contributed by atoms with van der Waals surface area (Å²) >= 11 is 5.09. The Balaban J connectivity index is 2.43. The molecule has 0 nitrogen and oxygen atoms in total. The minimum atomic E-state index is 1.34. The van der Waals surface area contributed by atoms with Gasteiger partial charge in [-0.15, -0.1) is 0 Å². The molecule has 66 valence electrons. The van der Waals surface area contributed by atoms with E-state index in [1.165, 1.54) is 38.5 Å². The van der Waals surface area contributed by atoms with Gasteiger partial charge in [-0.2, -0.15) is 0 Å². The third-order valence-electron chi connectivity index (χ3n) is 2.67. The third kappa shape index (κ3) is 1.74. The highest BCUT2D eigenvalue weighted by Gasteiger charge is 2.21. The van der Waals surface area contributed by atoms with E-state index in [4.69, 9.17) is 0 Å². The fraction of sp³-hybridized carbons (Fsp3) is 0.600. The van der Waals surface area contributed by atoms with Crippen LogP contribution in [-0.2, 0) is 0 Å². The van der Waals surface area contributed by atoms with Gasteiger partial charge in [-0.3, -0.25) is 0 Å². The summed E-state index contributed by atoms with van der Waals surface area (Å²) in [6, 6.07) is 0. The van der Waals surface area contributed by atoms with Gasteiger partial charge < -0.3 is 0 Å². The Morgan fingerprint density at radius 1 is 0.667 bits per heavy atom. The zero-order valence-electron chi connectivity index (χ0n) is 7.00. The molecule has 0 aromatic heterocycles. The summed E-state index contributed by atoms with van der Waals surface area (Å²) in [5.74, 6) is 0. The lowest BCUT2D eigenvalue weighted by Crippen LogP contribution is -2.06. The van der Waals surface area contributed by atoms with E-state index in [9.17, 15) is 0 Å². The topological polar surface area (TPSA) is 0 Å². The Labute approximate surface area is 101 Å². The van der Waals surface area contributed by atoms with Crippen LogP contribution in [0.5, 0.6) is 0 Å². The zero-order chi connectivity index (χ0) is 8.55. The van der Waals surface area contributed by atoms with Gasteiger partial charge in [0, 0.05) is 0 Å². The first-order chi connectivity index (χ1) is 5.79. The number of rotatable bonds is 0. The number of hydrogen-bond donors (Lipinski definition) is 0. The summed E-state index contributed by atoms with van der Waals surface area (Å²) in [4.78, 5) is 0. The standard InChI is InChI=1S/C10H12I2/c11-9-5-1-3-7-8(9)4-2-6-10(7)12/h1-6H2. The minimum Gasteiger partial charge on any atom is -0.0488 e. The number of halogens is 2. The molecule has 0 N–H and O–H groups in total. The first kappa shape index (κ1) is 9.49. The molecule has 0 saturated heterocycles. The van der Waals surface area contributed by atoms with Gasteiger partial charge in [-0.1, -0.05) is 0 Å². The first-order valence-corrected chi connectivity index (χ1v) is 6.70. The van der Waals surface area contributed by atoms with Crippen molar-refractivity contribution >= 4 is 45.2 Å². The highest BCUT2D eigenvalue weighted by molar-refractivity contribution is 14.1. The Morgan fingerprint density at radius 2 is 1.08 bits per heavy atom. The SMILES string of the molecule is IC1=C2CCCC(I)=C2CCC1. The molecule has 0 saturated carbocycles. The molecule has 2 rings (SSSR count). The van der Waals surface area contributed by atoms with Crippen LogP contribution in [0.15, 0.2) is 18.3 Å². The summed E-state index contributed by atoms with van der Waals surface area (Å²) < 4.78 is 3.28. The molecule has 0 bridgehead atoms. The van der Waals surface area contributed by atoms with Crippen LogP contribution in [0.25, 0.3) is 0 Å². The summed E-state index contributed by atoms with van der Waals surface area (Å²) in [6.07, 6.45) is 8.13. The lowest BCUT2D eigenvalue weighted by Gasteiger charge is -2.25. The Morgan fingerprint density at radius 3 is 1.50 bits per heavy atom. The van der Waals surface area contributed by atoms with Crippen molar-refractivity contribution in [3.8, 4) is 0 Å². The van der Waals surface area contributed by atoms with Crippen molar-refractivity contribution in [2.75, 3.05) is 0 Å². The molecule has 0 atom stereocenters. The minimum absolute atomic E-state index is 1.34. The van der Waals surface area contributed by atoms with Gasteiger partial charge in [0.25, 0.3) is 0 Å². The number of hydrogen-bond acceptors (Lipinski definition) is 0. The second-order valence-electron chi connectivity index (χ2n) is 3.47. The molecule has 0 fully saturated rings.